The molecule has 0 radical (unpaired) electrons. The summed E-state index contributed by atoms with van der Waals surface area (Å²) in [5, 5.41) is 2.91. The van der Waals surface area contributed by atoms with Gasteiger partial charge in [-0.2, -0.15) is 0 Å². The molecule has 0 saturated heterocycles. The van der Waals surface area contributed by atoms with E-state index in [4.69, 9.17) is 5.84 Å². The molecule has 0 fully saturated rings. The molecular formula is C21H19N3O2. The summed E-state index contributed by atoms with van der Waals surface area (Å²) < 4.78 is 0. The van der Waals surface area contributed by atoms with Crippen molar-refractivity contribution in [1.29, 1.82) is 0 Å². The first-order valence-electron chi connectivity index (χ1n) is 8.21. The lowest BCUT2D eigenvalue weighted by Crippen LogP contribution is -2.29. The van der Waals surface area contributed by atoms with Gasteiger partial charge in [-0.1, -0.05) is 48.5 Å². The van der Waals surface area contributed by atoms with Crippen molar-refractivity contribution < 1.29 is 9.59 Å². The van der Waals surface area contributed by atoms with Crippen LogP contribution < -0.4 is 16.6 Å². The number of amides is 2. The molecule has 130 valence electrons. The molecule has 2 amide bonds. The lowest BCUT2D eigenvalue weighted by atomic mass is 9.98. The van der Waals surface area contributed by atoms with E-state index in [-0.39, 0.29) is 11.8 Å². The smallest absolute Gasteiger partial charge is 0.265 e. The number of hydrogen-bond donors (Lipinski definition) is 3. The van der Waals surface area contributed by atoms with Gasteiger partial charge in [0, 0.05) is 16.8 Å². The van der Waals surface area contributed by atoms with Crippen LogP contribution in [-0.2, 0) is 6.42 Å². The van der Waals surface area contributed by atoms with Gasteiger partial charge in [0.2, 0.25) is 0 Å². The largest absolute Gasteiger partial charge is 0.322 e. The minimum atomic E-state index is -0.334. The van der Waals surface area contributed by atoms with Gasteiger partial charge in [0.25, 0.3) is 11.8 Å². The van der Waals surface area contributed by atoms with E-state index < -0.39 is 0 Å². The molecule has 0 atom stereocenters. The van der Waals surface area contributed by atoms with Crippen LogP contribution in [0.15, 0.2) is 78.9 Å². The molecule has 0 heterocycles. The molecule has 0 unspecified atom stereocenters. The Labute approximate surface area is 151 Å². The number of carbonyl (C=O) groups excluding carboxylic acids is 2. The number of nitrogens with two attached hydrogens (primary N) is 1. The van der Waals surface area contributed by atoms with Crippen LogP contribution in [0.2, 0.25) is 0 Å². The third-order valence-electron chi connectivity index (χ3n) is 4.04. The van der Waals surface area contributed by atoms with Gasteiger partial charge in [-0.05, 0) is 47.9 Å². The molecule has 0 aliphatic rings. The second kappa shape index (κ2) is 8.09. The van der Waals surface area contributed by atoms with Crippen molar-refractivity contribution in [3.8, 4) is 0 Å². The van der Waals surface area contributed by atoms with Crippen molar-refractivity contribution in [1.82, 2.24) is 5.43 Å². The molecule has 3 rings (SSSR count). The fraction of sp³-hybridized carbons (Fsp3) is 0.0476. The average Bonchev–Trinajstić information content (AvgIpc) is 2.69. The van der Waals surface area contributed by atoms with E-state index in [0.29, 0.717) is 17.5 Å². The van der Waals surface area contributed by atoms with Crippen molar-refractivity contribution in [3.05, 3.63) is 101 Å². The zero-order valence-corrected chi connectivity index (χ0v) is 14.1. The van der Waals surface area contributed by atoms with Crippen LogP contribution in [-0.4, -0.2) is 11.8 Å². The van der Waals surface area contributed by atoms with Crippen molar-refractivity contribution >= 4 is 17.5 Å². The molecule has 0 bridgehead atoms. The van der Waals surface area contributed by atoms with E-state index in [2.05, 4.69) is 10.7 Å². The number of nitrogens with one attached hydrogen (secondary N) is 2. The number of nitrogen functional groups attached to an aromatic ring is 1. The summed E-state index contributed by atoms with van der Waals surface area (Å²) in [4.78, 5) is 24.1. The van der Waals surface area contributed by atoms with E-state index in [0.717, 1.165) is 16.8 Å². The minimum absolute atomic E-state index is 0.147. The van der Waals surface area contributed by atoms with Crippen molar-refractivity contribution in [3.63, 3.8) is 0 Å². The summed E-state index contributed by atoms with van der Waals surface area (Å²) in [6.07, 6.45) is 0.586. The number of carbonyl (C=O) groups is 2. The fourth-order valence-electron chi connectivity index (χ4n) is 2.69. The molecule has 0 saturated carbocycles. The Bertz CT molecular complexity index is 906. The molecule has 4 N–H and O–H groups in total. The van der Waals surface area contributed by atoms with Crippen LogP contribution in [0.25, 0.3) is 0 Å². The highest BCUT2D eigenvalue weighted by Crippen LogP contribution is 2.17. The van der Waals surface area contributed by atoms with Gasteiger partial charge in [-0.25, -0.2) is 5.84 Å². The molecule has 26 heavy (non-hydrogen) atoms. The number of benzene rings is 3. The Morgan fingerprint density at radius 1 is 0.769 bits per heavy atom. The number of rotatable bonds is 5. The first kappa shape index (κ1) is 17.4. The van der Waals surface area contributed by atoms with Crippen LogP contribution in [0.4, 0.5) is 5.69 Å². The SMILES string of the molecule is NNC(=O)c1ccc(Cc2ccccc2C(=O)Nc2ccccc2)cc1. The summed E-state index contributed by atoms with van der Waals surface area (Å²) in [5.74, 6) is 4.66. The Morgan fingerprint density at radius 3 is 2.12 bits per heavy atom. The summed E-state index contributed by atoms with van der Waals surface area (Å²) >= 11 is 0. The normalized spacial score (nSPS) is 10.2. The highest BCUT2D eigenvalue weighted by molar-refractivity contribution is 6.05. The number of anilines is 1. The highest BCUT2D eigenvalue weighted by atomic mass is 16.2. The molecule has 5 nitrogen and oxygen atoms in total. The van der Waals surface area contributed by atoms with Crippen molar-refractivity contribution in [2.45, 2.75) is 6.42 Å². The van der Waals surface area contributed by atoms with Gasteiger partial charge >= 0.3 is 0 Å². The van der Waals surface area contributed by atoms with E-state index >= 15 is 0 Å². The standard InChI is InChI=1S/C21H19N3O2/c22-24-20(25)16-12-10-15(11-13-16)14-17-6-4-5-9-19(17)21(26)23-18-7-2-1-3-8-18/h1-13H,14,22H2,(H,23,26)(H,24,25). The van der Waals surface area contributed by atoms with Gasteiger partial charge in [0.1, 0.15) is 0 Å². The predicted octanol–water partition coefficient (Wildman–Crippen LogP) is 3.13. The summed E-state index contributed by atoms with van der Waals surface area (Å²) in [7, 11) is 0. The third-order valence-corrected chi connectivity index (χ3v) is 4.04. The summed E-state index contributed by atoms with van der Waals surface area (Å²) in [6.45, 7) is 0. The molecular weight excluding hydrogens is 326 g/mol. The Morgan fingerprint density at radius 2 is 1.42 bits per heavy atom. The third kappa shape index (κ3) is 4.15. The van der Waals surface area contributed by atoms with Crippen molar-refractivity contribution in [2.75, 3.05) is 5.32 Å². The van der Waals surface area contributed by atoms with Crippen LogP contribution in [0.1, 0.15) is 31.8 Å². The van der Waals surface area contributed by atoms with E-state index in [1.54, 1.807) is 12.1 Å². The lowest BCUT2D eigenvalue weighted by Gasteiger charge is -2.11. The molecule has 0 aliphatic carbocycles. The van der Waals surface area contributed by atoms with Gasteiger partial charge in [0.15, 0.2) is 0 Å². The molecule has 0 aromatic heterocycles. The van der Waals surface area contributed by atoms with Gasteiger partial charge in [-0.3, -0.25) is 15.0 Å². The summed E-state index contributed by atoms with van der Waals surface area (Å²) in [5.41, 5.74) is 5.89. The molecule has 0 spiro atoms. The van der Waals surface area contributed by atoms with Crippen LogP contribution in [0, 0.1) is 0 Å². The van der Waals surface area contributed by atoms with Crippen LogP contribution in [0.3, 0.4) is 0 Å². The van der Waals surface area contributed by atoms with Gasteiger partial charge in [0.05, 0.1) is 0 Å². The van der Waals surface area contributed by atoms with E-state index in [1.165, 1.54) is 0 Å². The zero-order chi connectivity index (χ0) is 18.4. The van der Waals surface area contributed by atoms with Crippen LogP contribution >= 0.6 is 0 Å². The molecule has 3 aromatic rings. The van der Waals surface area contributed by atoms with E-state index in [9.17, 15) is 9.59 Å². The molecule has 3 aromatic carbocycles. The molecule has 5 heteroatoms. The number of hydrazine groups is 1. The predicted molar refractivity (Wildman–Crippen MR) is 102 cm³/mol. The highest BCUT2D eigenvalue weighted by Gasteiger charge is 2.12. The fourth-order valence-corrected chi connectivity index (χ4v) is 2.69. The second-order valence-electron chi connectivity index (χ2n) is 5.82. The first-order chi connectivity index (χ1) is 12.7. The maximum absolute atomic E-state index is 12.6. The lowest BCUT2D eigenvalue weighted by molar-refractivity contribution is 0.0952. The maximum Gasteiger partial charge on any atom is 0.265 e. The first-order valence-corrected chi connectivity index (χ1v) is 8.21. The minimum Gasteiger partial charge on any atom is -0.322 e. The quantitative estimate of drug-likeness (QED) is 0.377. The topological polar surface area (TPSA) is 84.2 Å². The van der Waals surface area contributed by atoms with E-state index in [1.807, 2.05) is 66.7 Å². The Kier molecular flexibility index (Phi) is 5.41. The Hall–Kier alpha value is -3.44. The van der Waals surface area contributed by atoms with Crippen molar-refractivity contribution in [2.24, 2.45) is 5.84 Å². The average molecular weight is 345 g/mol. The number of hydrogen-bond acceptors (Lipinski definition) is 3. The zero-order valence-electron chi connectivity index (χ0n) is 14.1. The second-order valence-corrected chi connectivity index (χ2v) is 5.82. The Balaban J connectivity index is 1.79. The summed E-state index contributed by atoms with van der Waals surface area (Å²) in [6, 6.07) is 24.0. The van der Waals surface area contributed by atoms with Gasteiger partial charge < -0.3 is 5.32 Å². The molecule has 0 aliphatic heterocycles. The number of para-hydroxylation sites is 1. The monoisotopic (exact) mass is 345 g/mol. The van der Waals surface area contributed by atoms with Crippen LogP contribution in [0.5, 0.6) is 0 Å². The van der Waals surface area contributed by atoms with Gasteiger partial charge in [-0.15, -0.1) is 0 Å². The maximum atomic E-state index is 12.6.